The molecule has 0 spiro atoms. The molecule has 2 N–H and O–H groups in total. The molecule has 1 heterocycles. The third kappa shape index (κ3) is 2.26. The van der Waals surface area contributed by atoms with Gasteiger partial charge in [-0.15, -0.1) is 0 Å². The third-order valence-electron chi connectivity index (χ3n) is 3.16. The van der Waals surface area contributed by atoms with Gasteiger partial charge in [-0.3, -0.25) is 4.68 Å². The van der Waals surface area contributed by atoms with Crippen LogP contribution in [0, 0.1) is 18.6 Å². The van der Waals surface area contributed by atoms with Crippen LogP contribution in [-0.4, -0.2) is 9.78 Å². The fraction of sp³-hybridized carbons (Fsp3) is 0.308. The Morgan fingerprint density at radius 3 is 2.44 bits per heavy atom. The van der Waals surface area contributed by atoms with Gasteiger partial charge in [-0.25, -0.2) is 8.78 Å². The lowest BCUT2D eigenvalue weighted by Gasteiger charge is -2.12. The zero-order valence-corrected chi connectivity index (χ0v) is 10.3. The maximum Gasteiger partial charge on any atom is 0.129 e. The van der Waals surface area contributed by atoms with E-state index in [1.165, 1.54) is 18.2 Å². The summed E-state index contributed by atoms with van der Waals surface area (Å²) >= 11 is 0. The van der Waals surface area contributed by atoms with Crippen LogP contribution in [0.15, 0.2) is 24.4 Å². The van der Waals surface area contributed by atoms with Crippen molar-refractivity contribution < 1.29 is 8.78 Å². The molecule has 18 heavy (non-hydrogen) atoms. The van der Waals surface area contributed by atoms with Crippen LogP contribution in [0.2, 0.25) is 0 Å². The van der Waals surface area contributed by atoms with Gasteiger partial charge in [0.15, 0.2) is 0 Å². The minimum atomic E-state index is -0.563. The van der Waals surface area contributed by atoms with Crippen molar-refractivity contribution in [2.45, 2.75) is 19.4 Å². The molecule has 0 aliphatic heterocycles. The van der Waals surface area contributed by atoms with Gasteiger partial charge in [0.2, 0.25) is 0 Å². The molecular formula is C13H15F2N3. The van der Waals surface area contributed by atoms with Crippen LogP contribution in [-0.2, 0) is 13.5 Å². The van der Waals surface area contributed by atoms with Gasteiger partial charge in [0, 0.05) is 29.9 Å². The highest BCUT2D eigenvalue weighted by Gasteiger charge is 2.17. The van der Waals surface area contributed by atoms with Crippen LogP contribution in [0.4, 0.5) is 8.78 Å². The van der Waals surface area contributed by atoms with Crippen molar-refractivity contribution in [3.63, 3.8) is 0 Å². The minimum absolute atomic E-state index is 0.0215. The standard InChI is InChI=1S/C13H15F2N3/c1-8-10(7-17-18(8)2)13(16)6-9-11(14)4-3-5-12(9)15/h3-5,7,13H,6,16H2,1-2H3. The van der Waals surface area contributed by atoms with E-state index < -0.39 is 17.7 Å². The van der Waals surface area contributed by atoms with E-state index in [1.54, 1.807) is 17.9 Å². The SMILES string of the molecule is Cc1c(C(N)Cc2c(F)cccc2F)cnn1C. The first-order valence-electron chi connectivity index (χ1n) is 5.67. The maximum absolute atomic E-state index is 13.5. The lowest BCUT2D eigenvalue weighted by Crippen LogP contribution is -2.16. The predicted molar refractivity (Wildman–Crippen MR) is 64.9 cm³/mol. The molecule has 0 radical (unpaired) electrons. The van der Waals surface area contributed by atoms with E-state index in [0.29, 0.717) is 0 Å². The molecule has 0 fully saturated rings. The Morgan fingerprint density at radius 2 is 1.94 bits per heavy atom. The molecule has 1 aromatic heterocycles. The zero-order valence-electron chi connectivity index (χ0n) is 10.3. The second-order valence-corrected chi connectivity index (χ2v) is 4.32. The summed E-state index contributed by atoms with van der Waals surface area (Å²) in [4.78, 5) is 0. The average Bonchev–Trinajstić information content (AvgIpc) is 2.65. The maximum atomic E-state index is 13.5. The fourth-order valence-corrected chi connectivity index (χ4v) is 1.94. The quantitative estimate of drug-likeness (QED) is 0.909. The van der Waals surface area contributed by atoms with E-state index in [9.17, 15) is 8.78 Å². The smallest absolute Gasteiger partial charge is 0.129 e. The highest BCUT2D eigenvalue weighted by Crippen LogP contribution is 2.22. The normalized spacial score (nSPS) is 12.7. The first-order chi connectivity index (χ1) is 8.50. The van der Waals surface area contributed by atoms with Crippen LogP contribution in [0.5, 0.6) is 0 Å². The molecule has 0 saturated heterocycles. The molecule has 0 amide bonds. The van der Waals surface area contributed by atoms with Gasteiger partial charge in [0.1, 0.15) is 11.6 Å². The number of rotatable bonds is 3. The molecule has 1 atom stereocenters. The lowest BCUT2D eigenvalue weighted by molar-refractivity contribution is 0.539. The Labute approximate surface area is 104 Å². The van der Waals surface area contributed by atoms with E-state index in [2.05, 4.69) is 5.10 Å². The van der Waals surface area contributed by atoms with Crippen LogP contribution >= 0.6 is 0 Å². The molecule has 1 unspecified atom stereocenters. The second-order valence-electron chi connectivity index (χ2n) is 4.32. The topological polar surface area (TPSA) is 43.8 Å². The van der Waals surface area contributed by atoms with Gasteiger partial charge in [0.25, 0.3) is 0 Å². The molecular weight excluding hydrogens is 236 g/mol. The van der Waals surface area contributed by atoms with E-state index in [1.807, 2.05) is 6.92 Å². The molecule has 2 rings (SSSR count). The van der Waals surface area contributed by atoms with Crippen molar-refractivity contribution in [1.82, 2.24) is 9.78 Å². The van der Waals surface area contributed by atoms with E-state index in [-0.39, 0.29) is 12.0 Å². The Morgan fingerprint density at radius 1 is 1.33 bits per heavy atom. The van der Waals surface area contributed by atoms with Crippen molar-refractivity contribution >= 4 is 0 Å². The summed E-state index contributed by atoms with van der Waals surface area (Å²) in [6.45, 7) is 1.87. The molecule has 3 nitrogen and oxygen atoms in total. The molecule has 0 bridgehead atoms. The zero-order chi connectivity index (χ0) is 13.3. The number of hydrogen-bond donors (Lipinski definition) is 1. The summed E-state index contributed by atoms with van der Waals surface area (Å²) in [6.07, 6.45) is 1.75. The summed E-state index contributed by atoms with van der Waals surface area (Å²) in [6, 6.07) is 3.35. The highest BCUT2D eigenvalue weighted by molar-refractivity contribution is 5.26. The molecule has 1 aromatic carbocycles. The summed E-state index contributed by atoms with van der Waals surface area (Å²) in [5.41, 5.74) is 7.72. The molecule has 5 heteroatoms. The highest BCUT2D eigenvalue weighted by atomic mass is 19.1. The van der Waals surface area contributed by atoms with Crippen LogP contribution in [0.25, 0.3) is 0 Å². The van der Waals surface area contributed by atoms with Crippen molar-refractivity contribution in [2.75, 3.05) is 0 Å². The van der Waals surface area contributed by atoms with Gasteiger partial charge >= 0.3 is 0 Å². The first-order valence-corrected chi connectivity index (χ1v) is 5.67. The first kappa shape index (κ1) is 12.7. The largest absolute Gasteiger partial charge is 0.324 e. The van der Waals surface area contributed by atoms with Gasteiger partial charge in [0.05, 0.1) is 6.20 Å². The van der Waals surface area contributed by atoms with Crippen LogP contribution < -0.4 is 5.73 Å². The van der Waals surface area contributed by atoms with E-state index in [0.717, 1.165) is 11.3 Å². The number of halogens is 2. The fourth-order valence-electron chi connectivity index (χ4n) is 1.94. The summed E-state index contributed by atoms with van der Waals surface area (Å²) in [5.74, 6) is -1.13. The number of hydrogen-bond acceptors (Lipinski definition) is 2. The van der Waals surface area contributed by atoms with Crippen molar-refractivity contribution in [1.29, 1.82) is 0 Å². The number of nitrogens with two attached hydrogens (primary N) is 1. The number of aryl methyl sites for hydroxylation is 1. The predicted octanol–water partition coefficient (Wildman–Crippen LogP) is 2.25. The number of benzene rings is 1. The Kier molecular flexibility index (Phi) is 3.43. The van der Waals surface area contributed by atoms with E-state index >= 15 is 0 Å². The lowest BCUT2D eigenvalue weighted by atomic mass is 9.99. The number of aromatic nitrogens is 2. The Balaban J connectivity index is 2.27. The third-order valence-corrected chi connectivity index (χ3v) is 3.16. The van der Waals surface area contributed by atoms with Crippen molar-refractivity contribution in [3.05, 3.63) is 52.9 Å². The van der Waals surface area contributed by atoms with E-state index in [4.69, 9.17) is 5.73 Å². The van der Waals surface area contributed by atoms with Gasteiger partial charge in [-0.1, -0.05) is 6.07 Å². The van der Waals surface area contributed by atoms with Gasteiger partial charge in [-0.2, -0.15) is 5.10 Å². The van der Waals surface area contributed by atoms with Crippen LogP contribution in [0.3, 0.4) is 0 Å². The monoisotopic (exact) mass is 251 g/mol. The average molecular weight is 251 g/mol. The number of nitrogens with zero attached hydrogens (tertiary/aromatic N) is 2. The minimum Gasteiger partial charge on any atom is -0.324 e. The molecule has 2 aromatic rings. The van der Waals surface area contributed by atoms with Gasteiger partial charge < -0.3 is 5.73 Å². The summed E-state index contributed by atoms with van der Waals surface area (Å²) in [7, 11) is 1.80. The van der Waals surface area contributed by atoms with Crippen LogP contribution in [0.1, 0.15) is 22.9 Å². The Bertz CT molecular complexity index is 543. The molecule has 96 valence electrons. The van der Waals surface area contributed by atoms with Gasteiger partial charge in [-0.05, 0) is 25.5 Å². The molecule has 0 saturated carbocycles. The molecule has 0 aliphatic carbocycles. The summed E-state index contributed by atoms with van der Waals surface area (Å²) < 4.78 is 28.7. The summed E-state index contributed by atoms with van der Waals surface area (Å²) in [5, 5.41) is 4.07. The second kappa shape index (κ2) is 4.86. The van der Waals surface area contributed by atoms with Crippen molar-refractivity contribution in [3.8, 4) is 0 Å². The Hall–Kier alpha value is -1.75. The molecule has 0 aliphatic rings. The van der Waals surface area contributed by atoms with Crippen molar-refractivity contribution in [2.24, 2.45) is 12.8 Å².